The van der Waals surface area contributed by atoms with Crippen molar-refractivity contribution >= 4 is 11.6 Å². The normalized spacial score (nSPS) is 18.1. The van der Waals surface area contributed by atoms with Crippen molar-refractivity contribution in [1.29, 1.82) is 0 Å². The maximum Gasteiger partial charge on any atom is 0.274 e. The van der Waals surface area contributed by atoms with Crippen molar-refractivity contribution in [3.05, 3.63) is 35.8 Å². The zero-order valence-corrected chi connectivity index (χ0v) is 17.9. The fraction of sp³-hybridized carbons (Fsp3) is 0.636. The van der Waals surface area contributed by atoms with E-state index < -0.39 is 0 Å². The summed E-state index contributed by atoms with van der Waals surface area (Å²) in [6.07, 6.45) is 7.96. The SMILES string of the molecule is CCCCN(C)C(=O)c1nc2ccccn2c1CN(C)CC1CCCCN1C. The first-order valence-electron chi connectivity index (χ1n) is 10.6. The van der Waals surface area contributed by atoms with Crippen molar-refractivity contribution in [2.45, 2.75) is 51.6 Å². The number of rotatable bonds is 8. The van der Waals surface area contributed by atoms with E-state index in [0.29, 0.717) is 11.7 Å². The number of hydrogen-bond acceptors (Lipinski definition) is 4. The molecule has 6 nitrogen and oxygen atoms in total. The van der Waals surface area contributed by atoms with E-state index in [9.17, 15) is 4.79 Å². The maximum atomic E-state index is 13.1. The zero-order chi connectivity index (χ0) is 20.1. The van der Waals surface area contributed by atoms with Gasteiger partial charge in [-0.15, -0.1) is 0 Å². The van der Waals surface area contributed by atoms with Crippen LogP contribution >= 0.6 is 0 Å². The fourth-order valence-corrected chi connectivity index (χ4v) is 4.10. The number of likely N-dealkylation sites (tertiary alicyclic amines) is 1. The second-order valence-corrected chi connectivity index (χ2v) is 8.24. The van der Waals surface area contributed by atoms with Crippen LogP contribution in [0.1, 0.15) is 55.2 Å². The molecule has 0 aliphatic carbocycles. The molecule has 0 aromatic carbocycles. The lowest BCUT2D eigenvalue weighted by Gasteiger charge is -2.35. The lowest BCUT2D eigenvalue weighted by molar-refractivity contribution is 0.0785. The third-order valence-corrected chi connectivity index (χ3v) is 5.89. The Kier molecular flexibility index (Phi) is 7.08. The van der Waals surface area contributed by atoms with Gasteiger partial charge in [0, 0.05) is 38.9 Å². The maximum absolute atomic E-state index is 13.1. The van der Waals surface area contributed by atoms with E-state index in [1.54, 1.807) is 0 Å². The molecule has 1 aliphatic heterocycles. The topological polar surface area (TPSA) is 44.1 Å². The first-order chi connectivity index (χ1) is 13.5. The molecule has 154 valence electrons. The molecule has 3 rings (SSSR count). The fourth-order valence-electron chi connectivity index (χ4n) is 4.10. The summed E-state index contributed by atoms with van der Waals surface area (Å²) < 4.78 is 2.07. The van der Waals surface area contributed by atoms with Crippen LogP contribution in [0.15, 0.2) is 24.4 Å². The third-order valence-electron chi connectivity index (χ3n) is 5.89. The van der Waals surface area contributed by atoms with E-state index in [-0.39, 0.29) is 5.91 Å². The van der Waals surface area contributed by atoms with E-state index in [2.05, 4.69) is 35.2 Å². The lowest BCUT2D eigenvalue weighted by Crippen LogP contribution is -2.43. The highest BCUT2D eigenvalue weighted by Gasteiger charge is 2.25. The summed E-state index contributed by atoms with van der Waals surface area (Å²) in [7, 11) is 6.26. The molecular weight excluding hydrogens is 350 g/mol. The largest absolute Gasteiger partial charge is 0.340 e. The minimum atomic E-state index is 0.0235. The number of likely N-dealkylation sites (N-methyl/N-ethyl adjacent to an activating group) is 2. The van der Waals surface area contributed by atoms with Crippen molar-refractivity contribution in [3.63, 3.8) is 0 Å². The number of pyridine rings is 1. The first kappa shape index (κ1) is 20.8. The number of amides is 1. The number of nitrogens with zero attached hydrogens (tertiary/aromatic N) is 5. The number of hydrogen-bond donors (Lipinski definition) is 0. The van der Waals surface area contributed by atoms with Crippen molar-refractivity contribution in [2.24, 2.45) is 0 Å². The summed E-state index contributed by atoms with van der Waals surface area (Å²) >= 11 is 0. The van der Waals surface area contributed by atoms with Gasteiger partial charge in [0.25, 0.3) is 5.91 Å². The summed E-state index contributed by atoms with van der Waals surface area (Å²) in [5.74, 6) is 0.0235. The first-order valence-corrected chi connectivity index (χ1v) is 10.6. The van der Waals surface area contributed by atoms with Gasteiger partial charge < -0.3 is 14.2 Å². The summed E-state index contributed by atoms with van der Waals surface area (Å²) in [5.41, 5.74) is 2.42. The predicted molar refractivity (Wildman–Crippen MR) is 114 cm³/mol. The highest BCUT2D eigenvalue weighted by molar-refractivity contribution is 5.94. The van der Waals surface area contributed by atoms with Crippen LogP contribution in [-0.4, -0.2) is 76.8 Å². The molecule has 1 atom stereocenters. The van der Waals surface area contributed by atoms with Crippen molar-refractivity contribution in [3.8, 4) is 0 Å². The average Bonchev–Trinajstić information content (AvgIpc) is 3.05. The molecule has 1 amide bonds. The van der Waals surface area contributed by atoms with Gasteiger partial charge in [0.2, 0.25) is 0 Å². The van der Waals surface area contributed by atoms with Crippen molar-refractivity contribution in [1.82, 2.24) is 24.1 Å². The lowest BCUT2D eigenvalue weighted by atomic mass is 10.0. The monoisotopic (exact) mass is 385 g/mol. The van der Waals surface area contributed by atoms with Gasteiger partial charge in [-0.25, -0.2) is 4.98 Å². The number of piperidine rings is 1. The highest BCUT2D eigenvalue weighted by atomic mass is 16.2. The Labute approximate surface area is 169 Å². The van der Waals surface area contributed by atoms with Crippen LogP contribution in [-0.2, 0) is 6.54 Å². The van der Waals surface area contributed by atoms with Crippen molar-refractivity contribution in [2.75, 3.05) is 40.8 Å². The summed E-state index contributed by atoms with van der Waals surface area (Å²) in [6.45, 7) is 5.82. The molecule has 1 unspecified atom stereocenters. The Hall–Kier alpha value is -1.92. The molecule has 0 radical (unpaired) electrons. The Morgan fingerprint density at radius 2 is 2.11 bits per heavy atom. The zero-order valence-electron chi connectivity index (χ0n) is 17.9. The standard InChI is InChI=1S/C22H35N5O/c1-5-6-13-26(4)22(28)21-19(27-15-10-8-12-20(27)23-21)17-24(2)16-18-11-7-9-14-25(18)3/h8,10,12,15,18H,5-7,9,11,13-14,16-17H2,1-4H3. The predicted octanol–water partition coefficient (Wildman–Crippen LogP) is 3.12. The van der Waals surface area contributed by atoms with Gasteiger partial charge in [-0.2, -0.15) is 0 Å². The summed E-state index contributed by atoms with van der Waals surface area (Å²) in [5, 5.41) is 0. The number of fused-ring (bicyclic) bond motifs is 1. The molecule has 0 saturated carbocycles. The van der Waals surface area contributed by atoms with Gasteiger partial charge in [0.1, 0.15) is 5.65 Å². The smallest absolute Gasteiger partial charge is 0.274 e. The van der Waals surface area contributed by atoms with Crippen LogP contribution in [0, 0.1) is 0 Å². The van der Waals surface area contributed by atoms with Crippen LogP contribution in [0.25, 0.3) is 5.65 Å². The number of imidazole rings is 1. The molecular formula is C22H35N5O. The Morgan fingerprint density at radius 1 is 1.29 bits per heavy atom. The van der Waals surface area contributed by atoms with Gasteiger partial charge in [0.15, 0.2) is 5.69 Å². The number of unbranched alkanes of at least 4 members (excludes halogenated alkanes) is 1. The third kappa shape index (κ3) is 4.73. The summed E-state index contributed by atoms with van der Waals surface area (Å²) in [4.78, 5) is 24.4. The molecule has 28 heavy (non-hydrogen) atoms. The van der Waals surface area contributed by atoms with E-state index in [0.717, 1.165) is 43.8 Å². The second-order valence-electron chi connectivity index (χ2n) is 8.24. The Bertz CT molecular complexity index is 786. The molecule has 0 bridgehead atoms. The molecule has 6 heteroatoms. The molecule has 3 heterocycles. The molecule has 0 spiro atoms. The molecule has 0 N–H and O–H groups in total. The Balaban J connectivity index is 1.81. The van der Waals surface area contributed by atoms with Crippen molar-refractivity contribution < 1.29 is 4.79 Å². The van der Waals surface area contributed by atoms with Crippen LogP contribution in [0.5, 0.6) is 0 Å². The highest BCUT2D eigenvalue weighted by Crippen LogP contribution is 2.19. The van der Waals surface area contributed by atoms with Gasteiger partial charge >= 0.3 is 0 Å². The number of carbonyl (C=O) groups excluding carboxylic acids is 1. The van der Waals surface area contributed by atoms with Crippen LogP contribution < -0.4 is 0 Å². The van der Waals surface area contributed by atoms with E-state index in [1.807, 2.05) is 36.3 Å². The summed E-state index contributed by atoms with van der Waals surface area (Å²) in [6, 6.07) is 6.54. The van der Waals surface area contributed by atoms with E-state index in [4.69, 9.17) is 4.98 Å². The van der Waals surface area contributed by atoms with Gasteiger partial charge in [-0.05, 0) is 52.0 Å². The molecule has 1 saturated heterocycles. The van der Waals surface area contributed by atoms with Gasteiger partial charge in [-0.3, -0.25) is 9.69 Å². The Morgan fingerprint density at radius 3 is 2.86 bits per heavy atom. The number of aromatic nitrogens is 2. The molecule has 2 aromatic heterocycles. The average molecular weight is 386 g/mol. The molecule has 2 aromatic rings. The number of carbonyl (C=O) groups is 1. The minimum Gasteiger partial charge on any atom is -0.340 e. The minimum absolute atomic E-state index is 0.0235. The van der Waals surface area contributed by atoms with E-state index >= 15 is 0 Å². The molecule has 1 aliphatic rings. The molecule has 1 fully saturated rings. The van der Waals surface area contributed by atoms with Gasteiger partial charge in [0.05, 0.1) is 5.69 Å². The van der Waals surface area contributed by atoms with Crippen LogP contribution in [0.3, 0.4) is 0 Å². The quantitative estimate of drug-likeness (QED) is 0.700. The van der Waals surface area contributed by atoms with Gasteiger partial charge in [-0.1, -0.05) is 25.8 Å². The van der Waals surface area contributed by atoms with Crippen LogP contribution in [0.4, 0.5) is 0 Å². The second kappa shape index (κ2) is 9.52. The van der Waals surface area contributed by atoms with E-state index in [1.165, 1.54) is 25.8 Å². The van der Waals surface area contributed by atoms with Crippen LogP contribution in [0.2, 0.25) is 0 Å².